The molecule has 0 radical (unpaired) electrons. The van der Waals surface area contributed by atoms with E-state index in [1.807, 2.05) is 41.7 Å². The zero-order valence-electron chi connectivity index (χ0n) is 10.7. The summed E-state index contributed by atoms with van der Waals surface area (Å²) in [6.45, 7) is 13.4. The van der Waals surface area contributed by atoms with Crippen molar-refractivity contribution in [2.75, 3.05) is 0 Å². The van der Waals surface area contributed by atoms with Crippen LogP contribution >= 0.6 is 0 Å². The lowest BCUT2D eigenvalue weighted by Crippen LogP contribution is -1.90. The summed E-state index contributed by atoms with van der Waals surface area (Å²) in [5.74, 6) is -0.838. The Morgan fingerprint density at radius 1 is 1.05 bits per heavy atom. The van der Waals surface area contributed by atoms with Gasteiger partial charge in [-0.2, -0.15) is 0 Å². The fraction of sp³-hybridized carbons (Fsp3) is 0. The fourth-order valence-electron chi connectivity index (χ4n) is 0.663. The monoisotopic (exact) mass is 259 g/mol. The summed E-state index contributed by atoms with van der Waals surface area (Å²) in [7, 11) is 0. The Labute approximate surface area is 113 Å². The second-order valence-electron chi connectivity index (χ2n) is 2.78. The molecule has 4 heteroatoms. The van der Waals surface area contributed by atoms with Gasteiger partial charge in [0.2, 0.25) is 0 Å². The van der Waals surface area contributed by atoms with Crippen LogP contribution in [0.25, 0.3) is 6.08 Å². The second-order valence-corrected chi connectivity index (χ2v) is 2.78. The van der Waals surface area contributed by atoms with Crippen molar-refractivity contribution in [2.24, 2.45) is 5.34 Å². The van der Waals surface area contributed by atoms with Gasteiger partial charge >= 0.3 is 5.97 Å². The van der Waals surface area contributed by atoms with E-state index in [9.17, 15) is 4.79 Å². The van der Waals surface area contributed by atoms with Gasteiger partial charge in [0, 0.05) is 6.08 Å². The van der Waals surface area contributed by atoms with Crippen LogP contribution in [-0.4, -0.2) is 5.97 Å². The summed E-state index contributed by atoms with van der Waals surface area (Å²) < 4.78 is 0. The van der Waals surface area contributed by atoms with Crippen molar-refractivity contribution in [3.63, 3.8) is 0 Å². The minimum Gasteiger partial charge on any atom is -0.280 e. The maximum Gasteiger partial charge on any atom is 0.361 e. The maximum atomic E-state index is 9.78. The number of allylic oxidation sites excluding steroid dienone is 2. The Balaban J connectivity index is 0. The molecule has 0 atom stereocenters. The highest BCUT2D eigenvalue weighted by molar-refractivity contribution is 5.80. The number of hydrogen-bond donors (Lipinski definition) is 0. The van der Waals surface area contributed by atoms with Crippen LogP contribution < -0.4 is 0 Å². The molecule has 0 unspecified atom stereocenters. The van der Waals surface area contributed by atoms with E-state index in [-0.39, 0.29) is 0 Å². The van der Waals surface area contributed by atoms with Crippen molar-refractivity contribution in [3.8, 4) is 0 Å². The lowest BCUT2D eigenvalue weighted by atomic mass is 10.2. The van der Waals surface area contributed by atoms with Gasteiger partial charge in [0.25, 0.3) is 0 Å². The molecule has 0 aliphatic rings. The van der Waals surface area contributed by atoms with Crippen LogP contribution in [0.15, 0.2) is 80.2 Å². The normalized spacial score (nSPS) is 7.16. The van der Waals surface area contributed by atoms with Crippen LogP contribution in [0.2, 0.25) is 0 Å². The van der Waals surface area contributed by atoms with Crippen molar-refractivity contribution >= 4 is 12.0 Å². The highest BCUT2D eigenvalue weighted by Crippen LogP contribution is 1.97. The predicted molar refractivity (Wildman–Crippen MR) is 79.0 cm³/mol. The van der Waals surface area contributed by atoms with E-state index in [4.69, 9.17) is 4.91 Å². The summed E-state index contributed by atoms with van der Waals surface area (Å²) in [5.41, 5.74) is 1.17. The van der Waals surface area contributed by atoms with E-state index in [2.05, 4.69) is 31.2 Å². The van der Waals surface area contributed by atoms with Gasteiger partial charge in [-0.05, 0) is 5.56 Å². The molecule has 100 valence electrons. The molecule has 0 saturated carbocycles. The lowest BCUT2D eigenvalue weighted by Gasteiger charge is -1.85. The summed E-state index contributed by atoms with van der Waals surface area (Å²) >= 11 is 0. The Morgan fingerprint density at radius 3 is 1.79 bits per heavy atom. The van der Waals surface area contributed by atoms with Crippen molar-refractivity contribution in [1.82, 2.24) is 0 Å². The smallest absolute Gasteiger partial charge is 0.280 e. The fourth-order valence-corrected chi connectivity index (χ4v) is 0.663. The van der Waals surface area contributed by atoms with Crippen molar-refractivity contribution in [2.45, 2.75) is 0 Å². The number of carbonyl (C=O) groups is 1. The minimum absolute atomic E-state index is 0.838. The average molecular weight is 259 g/mol. The highest BCUT2D eigenvalue weighted by atomic mass is 16.7. The highest BCUT2D eigenvalue weighted by Gasteiger charge is 1.89. The first kappa shape index (κ1) is 18.6. The molecule has 0 bridgehead atoms. The molecule has 0 aliphatic carbocycles. The van der Waals surface area contributed by atoms with E-state index < -0.39 is 5.97 Å². The summed E-state index contributed by atoms with van der Waals surface area (Å²) in [4.78, 5) is 22.3. The van der Waals surface area contributed by atoms with Crippen LogP contribution in [0.1, 0.15) is 5.56 Å². The zero-order chi connectivity index (χ0) is 14.9. The predicted octanol–water partition coefficient (Wildman–Crippen LogP) is 4.09. The molecule has 1 aromatic carbocycles. The van der Waals surface area contributed by atoms with Crippen molar-refractivity contribution in [1.29, 1.82) is 0 Å². The third kappa shape index (κ3) is 15.2. The molecule has 1 rings (SSSR count). The van der Waals surface area contributed by atoms with Crippen molar-refractivity contribution in [3.05, 3.63) is 85.3 Å². The minimum atomic E-state index is -0.838. The Bertz CT molecular complexity index is 405. The largest absolute Gasteiger partial charge is 0.361 e. The first-order valence-electron chi connectivity index (χ1n) is 5.23. The van der Waals surface area contributed by atoms with Gasteiger partial charge < -0.3 is 0 Å². The van der Waals surface area contributed by atoms with E-state index in [1.165, 1.54) is 5.56 Å². The molecule has 0 aliphatic heterocycles. The Morgan fingerprint density at radius 2 is 1.58 bits per heavy atom. The first-order chi connectivity index (χ1) is 9.15. The average Bonchev–Trinajstić information content (AvgIpc) is 2.49. The third-order valence-electron chi connectivity index (χ3n) is 1.50. The van der Waals surface area contributed by atoms with Gasteiger partial charge in [-0.1, -0.05) is 74.9 Å². The Hall–Kier alpha value is -2.75. The molecular weight excluding hydrogens is 242 g/mol. The number of carbonyl (C=O) groups excluding carboxylic acids is 1. The molecule has 0 fully saturated rings. The molecular formula is C15H17NO3. The van der Waals surface area contributed by atoms with E-state index in [0.717, 1.165) is 6.08 Å². The number of benzene rings is 1. The molecule has 0 amide bonds. The molecule has 0 spiro atoms. The number of nitrogens with zero attached hydrogens (tertiary/aromatic N) is 1. The third-order valence-corrected chi connectivity index (χ3v) is 1.50. The van der Waals surface area contributed by atoms with Crippen LogP contribution in [0.4, 0.5) is 0 Å². The standard InChI is InChI=1S/C8H8.C4H6.C3H3NO3/c1-2-8-6-4-3-5-7-8;1-3-4-2;1-2-3(5)7-4-6/h2-7H,1H2;3-4H,1-2H2;2H,1H2. The first-order valence-corrected chi connectivity index (χ1v) is 5.23. The van der Waals surface area contributed by atoms with Gasteiger partial charge in [-0.25, -0.2) is 4.79 Å². The van der Waals surface area contributed by atoms with Gasteiger partial charge in [-0.3, -0.25) is 4.84 Å². The molecule has 0 heterocycles. The summed E-state index contributed by atoms with van der Waals surface area (Å²) in [6.07, 6.45) is 5.96. The van der Waals surface area contributed by atoms with Crippen molar-refractivity contribution < 1.29 is 9.63 Å². The molecule has 4 nitrogen and oxygen atoms in total. The maximum absolute atomic E-state index is 9.78. The lowest BCUT2D eigenvalue weighted by molar-refractivity contribution is -0.137. The summed E-state index contributed by atoms with van der Waals surface area (Å²) in [6, 6.07) is 10.0. The van der Waals surface area contributed by atoms with E-state index in [0.29, 0.717) is 0 Å². The molecule has 0 N–H and O–H groups in total. The van der Waals surface area contributed by atoms with Crippen LogP contribution in [0, 0.1) is 4.91 Å². The zero-order valence-corrected chi connectivity index (χ0v) is 10.7. The topological polar surface area (TPSA) is 55.7 Å². The van der Waals surface area contributed by atoms with Gasteiger partial charge in [0.15, 0.2) is 5.34 Å². The quantitative estimate of drug-likeness (QED) is 0.354. The number of rotatable bonds is 4. The van der Waals surface area contributed by atoms with Crippen LogP contribution in [0.3, 0.4) is 0 Å². The summed E-state index contributed by atoms with van der Waals surface area (Å²) in [5, 5.41) is 1.84. The van der Waals surface area contributed by atoms with E-state index >= 15 is 0 Å². The van der Waals surface area contributed by atoms with Gasteiger partial charge in [0.05, 0.1) is 0 Å². The van der Waals surface area contributed by atoms with Gasteiger partial charge in [0.1, 0.15) is 0 Å². The van der Waals surface area contributed by atoms with Crippen LogP contribution in [-0.2, 0) is 9.63 Å². The Kier molecular flexibility index (Phi) is 14.9. The SMILES string of the molecule is C=CC(=O)ON=O.C=CC=C.C=Cc1ccccc1. The van der Waals surface area contributed by atoms with Gasteiger partial charge in [-0.15, -0.1) is 4.91 Å². The molecule has 0 saturated heterocycles. The molecule has 0 aromatic heterocycles. The molecule has 19 heavy (non-hydrogen) atoms. The molecule has 1 aromatic rings. The number of hydrogen-bond acceptors (Lipinski definition) is 4. The van der Waals surface area contributed by atoms with E-state index in [1.54, 1.807) is 12.2 Å². The van der Waals surface area contributed by atoms with Crippen LogP contribution in [0.5, 0.6) is 0 Å². The second kappa shape index (κ2) is 15.2.